The molecule has 0 aliphatic rings. The summed E-state index contributed by atoms with van der Waals surface area (Å²) in [5.41, 5.74) is 0.760. The SMILES string of the molecule is C=CCCC(=O)c1ccccc1C(=O)OCC. The molecule has 0 saturated carbocycles. The predicted molar refractivity (Wildman–Crippen MR) is 66.2 cm³/mol. The van der Waals surface area contributed by atoms with Crippen molar-refractivity contribution < 1.29 is 14.3 Å². The minimum atomic E-state index is -0.449. The van der Waals surface area contributed by atoms with Crippen LogP contribution in [0.5, 0.6) is 0 Å². The number of hydrogen-bond donors (Lipinski definition) is 0. The van der Waals surface area contributed by atoms with Gasteiger partial charge in [-0.3, -0.25) is 4.79 Å². The molecule has 0 saturated heterocycles. The van der Waals surface area contributed by atoms with Gasteiger partial charge in [-0.15, -0.1) is 6.58 Å². The van der Waals surface area contributed by atoms with Gasteiger partial charge >= 0.3 is 5.97 Å². The molecule has 3 nitrogen and oxygen atoms in total. The summed E-state index contributed by atoms with van der Waals surface area (Å²) in [6.07, 6.45) is 2.65. The maximum Gasteiger partial charge on any atom is 0.338 e. The van der Waals surface area contributed by atoms with E-state index in [0.29, 0.717) is 30.6 Å². The molecule has 0 radical (unpaired) electrons. The molecule has 0 unspecified atom stereocenters. The second-order valence-corrected chi connectivity index (χ2v) is 3.52. The summed E-state index contributed by atoms with van der Waals surface area (Å²) >= 11 is 0. The Kier molecular flexibility index (Phi) is 5.14. The van der Waals surface area contributed by atoms with Crippen molar-refractivity contribution in [2.75, 3.05) is 6.61 Å². The minimum Gasteiger partial charge on any atom is -0.462 e. The molecule has 1 aromatic rings. The molecule has 0 atom stereocenters. The van der Waals surface area contributed by atoms with Gasteiger partial charge < -0.3 is 4.74 Å². The van der Waals surface area contributed by atoms with Crippen LogP contribution in [0.4, 0.5) is 0 Å². The number of ether oxygens (including phenoxy) is 1. The van der Waals surface area contributed by atoms with Crippen LogP contribution in [0.3, 0.4) is 0 Å². The first-order valence-electron chi connectivity index (χ1n) is 5.61. The Morgan fingerprint density at radius 3 is 2.53 bits per heavy atom. The second kappa shape index (κ2) is 6.63. The topological polar surface area (TPSA) is 43.4 Å². The lowest BCUT2D eigenvalue weighted by molar-refractivity contribution is 0.0523. The van der Waals surface area contributed by atoms with E-state index in [4.69, 9.17) is 4.74 Å². The van der Waals surface area contributed by atoms with Crippen LogP contribution in [0.1, 0.15) is 40.5 Å². The first-order valence-corrected chi connectivity index (χ1v) is 5.61. The van der Waals surface area contributed by atoms with E-state index in [1.165, 1.54) is 0 Å². The van der Waals surface area contributed by atoms with Crippen molar-refractivity contribution in [2.45, 2.75) is 19.8 Å². The third kappa shape index (κ3) is 3.55. The van der Waals surface area contributed by atoms with Crippen LogP contribution in [0, 0.1) is 0 Å². The molecular weight excluding hydrogens is 216 g/mol. The summed E-state index contributed by atoms with van der Waals surface area (Å²) in [4.78, 5) is 23.5. The standard InChI is InChI=1S/C14H16O3/c1-3-5-10-13(15)11-8-6-7-9-12(11)14(16)17-4-2/h3,6-9H,1,4-5,10H2,2H3. The van der Waals surface area contributed by atoms with E-state index in [2.05, 4.69) is 6.58 Å². The Hall–Kier alpha value is -1.90. The van der Waals surface area contributed by atoms with Crippen molar-refractivity contribution in [1.82, 2.24) is 0 Å². The Labute approximate surface area is 101 Å². The fraction of sp³-hybridized carbons (Fsp3) is 0.286. The zero-order chi connectivity index (χ0) is 12.7. The molecule has 0 heterocycles. The fourth-order valence-electron chi connectivity index (χ4n) is 1.48. The summed E-state index contributed by atoms with van der Waals surface area (Å²) in [5.74, 6) is -0.511. The smallest absolute Gasteiger partial charge is 0.338 e. The van der Waals surface area contributed by atoms with Crippen LogP contribution in [0.25, 0.3) is 0 Å². The largest absolute Gasteiger partial charge is 0.462 e. The molecule has 0 fully saturated rings. The molecule has 1 rings (SSSR count). The summed E-state index contributed by atoms with van der Waals surface area (Å²) in [6.45, 7) is 5.61. The Balaban J connectivity index is 2.94. The average Bonchev–Trinajstić information content (AvgIpc) is 2.36. The molecule has 0 N–H and O–H groups in total. The molecule has 0 spiro atoms. The Bertz CT molecular complexity index is 421. The molecule has 0 aliphatic heterocycles. The van der Waals surface area contributed by atoms with Crippen LogP contribution in [0.2, 0.25) is 0 Å². The first kappa shape index (κ1) is 13.2. The van der Waals surface area contributed by atoms with Crippen molar-refractivity contribution in [3.05, 3.63) is 48.0 Å². The first-order chi connectivity index (χ1) is 8.20. The molecule has 0 bridgehead atoms. The van der Waals surface area contributed by atoms with E-state index in [9.17, 15) is 9.59 Å². The van der Waals surface area contributed by atoms with E-state index in [1.54, 1.807) is 37.3 Å². The molecular formula is C14H16O3. The highest BCUT2D eigenvalue weighted by molar-refractivity contribution is 6.06. The second-order valence-electron chi connectivity index (χ2n) is 3.52. The third-order valence-electron chi connectivity index (χ3n) is 2.30. The third-order valence-corrected chi connectivity index (χ3v) is 2.30. The van der Waals surface area contributed by atoms with Gasteiger partial charge in [0.05, 0.1) is 12.2 Å². The van der Waals surface area contributed by atoms with Crippen LogP contribution in [0.15, 0.2) is 36.9 Å². The lowest BCUT2D eigenvalue weighted by atomic mass is 10.0. The zero-order valence-corrected chi connectivity index (χ0v) is 9.94. The number of hydrogen-bond acceptors (Lipinski definition) is 3. The van der Waals surface area contributed by atoms with E-state index in [1.807, 2.05) is 0 Å². The highest BCUT2D eigenvalue weighted by Crippen LogP contribution is 2.13. The van der Waals surface area contributed by atoms with Crippen molar-refractivity contribution in [2.24, 2.45) is 0 Å². The van der Waals surface area contributed by atoms with Crippen molar-refractivity contribution in [1.29, 1.82) is 0 Å². The molecule has 0 aromatic heterocycles. The van der Waals surface area contributed by atoms with Gasteiger partial charge in [0.1, 0.15) is 0 Å². The lowest BCUT2D eigenvalue weighted by Crippen LogP contribution is -2.11. The van der Waals surface area contributed by atoms with Gasteiger partial charge in [-0.25, -0.2) is 4.79 Å². The highest BCUT2D eigenvalue weighted by atomic mass is 16.5. The fourth-order valence-corrected chi connectivity index (χ4v) is 1.48. The number of benzene rings is 1. The van der Waals surface area contributed by atoms with Crippen molar-refractivity contribution >= 4 is 11.8 Å². The number of carbonyl (C=O) groups is 2. The van der Waals surface area contributed by atoms with Gasteiger partial charge in [0.15, 0.2) is 5.78 Å². The normalized spacial score (nSPS) is 9.71. The summed E-state index contributed by atoms with van der Waals surface area (Å²) in [7, 11) is 0. The molecule has 1 aromatic carbocycles. The van der Waals surface area contributed by atoms with Crippen LogP contribution in [-0.2, 0) is 4.74 Å². The maximum absolute atomic E-state index is 11.9. The summed E-state index contributed by atoms with van der Waals surface area (Å²) in [5, 5.41) is 0. The summed E-state index contributed by atoms with van der Waals surface area (Å²) in [6, 6.07) is 6.72. The van der Waals surface area contributed by atoms with Crippen LogP contribution >= 0.6 is 0 Å². The molecule has 0 aliphatic carbocycles. The van der Waals surface area contributed by atoms with Crippen molar-refractivity contribution in [3.8, 4) is 0 Å². The van der Waals surface area contributed by atoms with Crippen LogP contribution in [-0.4, -0.2) is 18.4 Å². The minimum absolute atomic E-state index is 0.0615. The Morgan fingerprint density at radius 1 is 1.29 bits per heavy atom. The number of ketones is 1. The maximum atomic E-state index is 11.9. The number of esters is 1. The number of Topliss-reactive ketones (excluding diaryl/α,β-unsaturated/α-hetero) is 1. The molecule has 90 valence electrons. The van der Waals surface area contributed by atoms with E-state index >= 15 is 0 Å². The zero-order valence-electron chi connectivity index (χ0n) is 9.94. The number of rotatable bonds is 6. The van der Waals surface area contributed by atoms with Gasteiger partial charge in [0.2, 0.25) is 0 Å². The van der Waals surface area contributed by atoms with E-state index in [0.717, 1.165) is 0 Å². The van der Waals surface area contributed by atoms with Gasteiger partial charge in [-0.1, -0.05) is 24.3 Å². The van der Waals surface area contributed by atoms with E-state index < -0.39 is 5.97 Å². The van der Waals surface area contributed by atoms with Crippen molar-refractivity contribution in [3.63, 3.8) is 0 Å². The molecule has 0 amide bonds. The Morgan fingerprint density at radius 2 is 1.94 bits per heavy atom. The summed E-state index contributed by atoms with van der Waals surface area (Å²) < 4.78 is 4.91. The van der Waals surface area contributed by atoms with Gasteiger partial charge in [0.25, 0.3) is 0 Å². The van der Waals surface area contributed by atoms with Gasteiger partial charge in [-0.2, -0.15) is 0 Å². The van der Waals surface area contributed by atoms with E-state index in [-0.39, 0.29) is 5.78 Å². The molecule has 3 heteroatoms. The number of allylic oxidation sites excluding steroid dienone is 1. The molecule has 17 heavy (non-hydrogen) atoms. The van der Waals surface area contributed by atoms with Gasteiger partial charge in [-0.05, 0) is 19.4 Å². The average molecular weight is 232 g/mol. The van der Waals surface area contributed by atoms with Gasteiger partial charge in [0, 0.05) is 12.0 Å². The lowest BCUT2D eigenvalue weighted by Gasteiger charge is -2.07. The van der Waals surface area contributed by atoms with Crippen LogP contribution < -0.4 is 0 Å². The number of carbonyl (C=O) groups excluding carboxylic acids is 2. The monoisotopic (exact) mass is 232 g/mol. The quantitative estimate of drug-likeness (QED) is 0.430. The predicted octanol–water partition coefficient (Wildman–Crippen LogP) is 3.01. The highest BCUT2D eigenvalue weighted by Gasteiger charge is 2.16.